The minimum Gasteiger partial charge on any atom is -0.395 e. The second-order valence-corrected chi connectivity index (χ2v) is 6.11. The van der Waals surface area contributed by atoms with Crippen LogP contribution in [0.25, 0.3) is 33.1 Å². The summed E-state index contributed by atoms with van der Waals surface area (Å²) in [6.07, 6.45) is 3.03. The number of nitrogens with zero attached hydrogens (tertiary/aromatic N) is 6. The first kappa shape index (κ1) is 17.1. The van der Waals surface area contributed by atoms with Crippen LogP contribution in [0, 0.1) is 12.4 Å². The van der Waals surface area contributed by atoms with Crippen LogP contribution in [-0.2, 0) is 6.54 Å². The van der Waals surface area contributed by atoms with Gasteiger partial charge >= 0.3 is 0 Å². The molecule has 3 aromatic heterocycles. The van der Waals surface area contributed by atoms with E-state index in [-0.39, 0.29) is 17.4 Å². The maximum atomic E-state index is 13.5. The summed E-state index contributed by atoms with van der Waals surface area (Å²) in [4.78, 5) is 12.0. The number of hydrogen-bond donors (Lipinski definition) is 1. The lowest BCUT2D eigenvalue weighted by Crippen LogP contribution is -2.05. The lowest BCUT2D eigenvalue weighted by molar-refractivity contribution is 0.276. The molecule has 0 aliphatic carbocycles. The molecule has 0 fully saturated rings. The lowest BCUT2D eigenvalue weighted by Gasteiger charge is -2.08. The molecule has 3 heterocycles. The van der Waals surface area contributed by atoms with Gasteiger partial charge in [0.1, 0.15) is 11.5 Å². The van der Waals surface area contributed by atoms with Crippen LogP contribution in [0.1, 0.15) is 0 Å². The van der Waals surface area contributed by atoms with E-state index in [1.54, 1.807) is 29.1 Å². The van der Waals surface area contributed by atoms with Gasteiger partial charge in [-0.2, -0.15) is 0 Å². The predicted molar refractivity (Wildman–Crippen MR) is 98.0 cm³/mol. The molecule has 0 aliphatic rings. The van der Waals surface area contributed by atoms with E-state index in [0.29, 0.717) is 34.8 Å². The summed E-state index contributed by atoms with van der Waals surface area (Å²) in [6.45, 7) is 7.45. The second kappa shape index (κ2) is 6.79. The minimum absolute atomic E-state index is 0.0107. The summed E-state index contributed by atoms with van der Waals surface area (Å²) in [7, 11) is 0. The van der Waals surface area contributed by atoms with Crippen molar-refractivity contribution in [2.45, 2.75) is 6.54 Å². The predicted octanol–water partition coefficient (Wildman–Crippen LogP) is 3.60. The van der Waals surface area contributed by atoms with Crippen molar-refractivity contribution in [3.05, 3.63) is 65.1 Å². The van der Waals surface area contributed by atoms with Gasteiger partial charge in [-0.05, 0) is 24.3 Å². The van der Waals surface area contributed by atoms with Crippen molar-refractivity contribution >= 4 is 23.1 Å². The molecule has 4 rings (SSSR count). The van der Waals surface area contributed by atoms with Gasteiger partial charge in [-0.3, -0.25) is 0 Å². The maximum absolute atomic E-state index is 13.5. The van der Waals surface area contributed by atoms with E-state index < -0.39 is 5.82 Å². The van der Waals surface area contributed by atoms with Crippen molar-refractivity contribution in [1.29, 1.82) is 0 Å². The Morgan fingerprint density at radius 1 is 1.22 bits per heavy atom. The minimum atomic E-state index is -0.517. The van der Waals surface area contributed by atoms with Gasteiger partial charge in [-0.25, -0.2) is 14.4 Å². The Kier molecular flexibility index (Phi) is 4.32. The highest BCUT2D eigenvalue weighted by Crippen LogP contribution is 2.32. The number of aliphatic hydroxyl groups excluding tert-OH is 1. The van der Waals surface area contributed by atoms with Crippen LogP contribution >= 0.6 is 11.6 Å². The average Bonchev–Trinajstić information content (AvgIpc) is 3.27. The molecule has 134 valence electrons. The lowest BCUT2D eigenvalue weighted by atomic mass is 10.1. The normalized spacial score (nSPS) is 11.0. The van der Waals surface area contributed by atoms with E-state index in [1.807, 2.05) is 0 Å². The summed E-state index contributed by atoms with van der Waals surface area (Å²) in [6, 6.07) is 7.85. The van der Waals surface area contributed by atoms with Crippen molar-refractivity contribution in [2.24, 2.45) is 0 Å². The molecule has 1 N–H and O–H groups in total. The number of benzene rings is 1. The number of fused-ring (bicyclic) bond motifs is 1. The van der Waals surface area contributed by atoms with E-state index in [4.69, 9.17) is 18.2 Å². The highest BCUT2D eigenvalue weighted by atomic mass is 35.5. The van der Waals surface area contributed by atoms with Crippen molar-refractivity contribution in [1.82, 2.24) is 24.1 Å². The quantitative estimate of drug-likeness (QED) is 0.547. The van der Waals surface area contributed by atoms with Gasteiger partial charge in [0.15, 0.2) is 0 Å². The highest BCUT2D eigenvalue weighted by molar-refractivity contribution is 6.31. The molecule has 0 aliphatic heterocycles. The number of aliphatic hydroxyl groups is 1. The van der Waals surface area contributed by atoms with E-state index in [2.05, 4.69) is 19.9 Å². The zero-order chi connectivity index (χ0) is 19.0. The fourth-order valence-electron chi connectivity index (χ4n) is 2.85. The number of rotatable bonds is 4. The van der Waals surface area contributed by atoms with Crippen LogP contribution in [0.2, 0.25) is 5.02 Å². The van der Waals surface area contributed by atoms with Gasteiger partial charge in [0.25, 0.3) is 5.82 Å². The van der Waals surface area contributed by atoms with Crippen LogP contribution < -0.4 is 0 Å². The van der Waals surface area contributed by atoms with Gasteiger partial charge in [0, 0.05) is 18.2 Å². The SMILES string of the molecule is [C-]#[N+]c1cnc2ccc(-c3c(-c4ccc(F)c(Cl)c4)ncn3CCO)nn12. The number of aromatic nitrogens is 5. The summed E-state index contributed by atoms with van der Waals surface area (Å²) in [5, 5.41) is 13.9. The van der Waals surface area contributed by atoms with Crippen molar-refractivity contribution in [3.8, 4) is 22.6 Å². The average molecular weight is 383 g/mol. The maximum Gasteiger partial charge on any atom is 0.275 e. The van der Waals surface area contributed by atoms with Gasteiger partial charge < -0.3 is 14.5 Å². The summed E-state index contributed by atoms with van der Waals surface area (Å²) < 4.78 is 16.7. The molecule has 0 saturated heterocycles. The van der Waals surface area contributed by atoms with Gasteiger partial charge in [-0.1, -0.05) is 23.3 Å². The fourth-order valence-corrected chi connectivity index (χ4v) is 3.03. The molecule has 9 heteroatoms. The molecule has 0 bridgehead atoms. The van der Waals surface area contributed by atoms with E-state index >= 15 is 0 Å². The Morgan fingerprint density at radius 2 is 2.07 bits per heavy atom. The Hall–Kier alpha value is -3.28. The van der Waals surface area contributed by atoms with Crippen LogP contribution in [0.15, 0.2) is 42.9 Å². The van der Waals surface area contributed by atoms with Crippen LogP contribution in [-0.4, -0.2) is 35.9 Å². The standard InChI is InChI=1S/C18H12ClFN6O/c1-21-16-9-22-15-5-4-14(24-26(15)16)18-17(23-10-25(18)6-7-27)11-2-3-13(20)12(19)8-11/h2-5,8-10,27H,6-7H2. The number of imidazole rings is 2. The van der Waals surface area contributed by atoms with E-state index in [1.165, 1.54) is 22.8 Å². The molecule has 27 heavy (non-hydrogen) atoms. The Labute approximate surface area is 158 Å². The van der Waals surface area contributed by atoms with Gasteiger partial charge in [-0.15, -0.1) is 4.52 Å². The molecule has 0 radical (unpaired) electrons. The van der Waals surface area contributed by atoms with E-state index in [9.17, 15) is 9.50 Å². The smallest absolute Gasteiger partial charge is 0.275 e. The molecule has 0 amide bonds. The topological polar surface area (TPSA) is 72.6 Å². The first-order valence-corrected chi connectivity index (χ1v) is 8.34. The third kappa shape index (κ3) is 2.93. The zero-order valence-electron chi connectivity index (χ0n) is 13.8. The molecular formula is C18H12ClFN6O. The third-order valence-electron chi connectivity index (χ3n) is 4.07. The summed E-state index contributed by atoms with van der Waals surface area (Å²) in [5.74, 6) is -0.233. The van der Waals surface area contributed by atoms with Gasteiger partial charge in [0.2, 0.25) is 5.65 Å². The molecular weight excluding hydrogens is 371 g/mol. The molecule has 0 spiro atoms. The largest absolute Gasteiger partial charge is 0.395 e. The second-order valence-electron chi connectivity index (χ2n) is 5.70. The molecule has 0 atom stereocenters. The monoisotopic (exact) mass is 382 g/mol. The molecule has 4 aromatic rings. The number of halogens is 2. The molecule has 0 unspecified atom stereocenters. The van der Waals surface area contributed by atoms with E-state index in [0.717, 1.165) is 0 Å². The highest BCUT2D eigenvalue weighted by Gasteiger charge is 2.19. The summed E-state index contributed by atoms with van der Waals surface area (Å²) in [5.41, 5.74) is 2.86. The first-order chi connectivity index (χ1) is 13.1. The Balaban J connectivity index is 1.94. The molecule has 7 nitrogen and oxygen atoms in total. The third-order valence-corrected chi connectivity index (χ3v) is 4.36. The van der Waals surface area contributed by atoms with Crippen LogP contribution in [0.4, 0.5) is 10.2 Å². The van der Waals surface area contributed by atoms with Crippen LogP contribution in [0.5, 0.6) is 0 Å². The fraction of sp³-hybridized carbons (Fsp3) is 0.111. The zero-order valence-corrected chi connectivity index (χ0v) is 14.6. The Morgan fingerprint density at radius 3 is 2.81 bits per heavy atom. The van der Waals surface area contributed by atoms with Crippen molar-refractivity contribution < 1.29 is 9.50 Å². The Bertz CT molecular complexity index is 1190. The van der Waals surface area contributed by atoms with Crippen molar-refractivity contribution in [3.63, 3.8) is 0 Å². The van der Waals surface area contributed by atoms with Crippen molar-refractivity contribution in [2.75, 3.05) is 6.61 Å². The summed E-state index contributed by atoms with van der Waals surface area (Å²) >= 11 is 5.92. The first-order valence-electron chi connectivity index (χ1n) is 7.96. The number of hydrogen-bond acceptors (Lipinski definition) is 4. The molecule has 0 saturated carbocycles. The van der Waals surface area contributed by atoms with Gasteiger partial charge in [0.05, 0.1) is 35.5 Å². The molecule has 1 aromatic carbocycles. The van der Waals surface area contributed by atoms with Crippen LogP contribution in [0.3, 0.4) is 0 Å².